The van der Waals surface area contributed by atoms with Crippen LogP contribution in [0.4, 0.5) is 5.69 Å². The predicted molar refractivity (Wildman–Crippen MR) is 134 cm³/mol. The van der Waals surface area contributed by atoms with Crippen LogP contribution in [0.25, 0.3) is 10.4 Å². The van der Waals surface area contributed by atoms with E-state index in [1.807, 2.05) is 37.4 Å². The molecule has 3 N–H and O–H groups in total. The van der Waals surface area contributed by atoms with Gasteiger partial charge in [-0.05, 0) is 42.3 Å². The number of carboxylic acid groups (broad SMARTS) is 1. The van der Waals surface area contributed by atoms with E-state index in [2.05, 4.69) is 10.6 Å². The minimum absolute atomic E-state index is 0.0193. The van der Waals surface area contributed by atoms with Crippen LogP contribution in [0.15, 0.2) is 47.4 Å². The summed E-state index contributed by atoms with van der Waals surface area (Å²) in [4.78, 5) is 36.2. The maximum Gasteiger partial charge on any atom is 0.331 e. The second kappa shape index (κ2) is 12.1. The highest BCUT2D eigenvalue weighted by Crippen LogP contribution is 2.31. The molecule has 3 rings (SSSR count). The van der Waals surface area contributed by atoms with Crippen LogP contribution in [-0.2, 0) is 20.9 Å². The molecule has 0 unspecified atom stereocenters. The van der Waals surface area contributed by atoms with Gasteiger partial charge in [0.15, 0.2) is 0 Å². The molecular formula is C25H31N3O6S. The Hall–Kier alpha value is -3.08. The van der Waals surface area contributed by atoms with Crippen molar-refractivity contribution in [1.82, 2.24) is 10.6 Å². The molecule has 3 atom stereocenters. The van der Waals surface area contributed by atoms with Gasteiger partial charge < -0.3 is 20.5 Å². The fourth-order valence-electron chi connectivity index (χ4n) is 4.29. The van der Waals surface area contributed by atoms with E-state index >= 15 is 0 Å². The summed E-state index contributed by atoms with van der Waals surface area (Å²) in [6.07, 6.45) is 2.47. The maximum absolute atomic E-state index is 12.0. The van der Waals surface area contributed by atoms with E-state index in [0.717, 1.165) is 23.3 Å². The van der Waals surface area contributed by atoms with E-state index in [4.69, 9.17) is 4.74 Å². The van der Waals surface area contributed by atoms with Gasteiger partial charge in [-0.25, -0.2) is 4.79 Å². The molecule has 0 fully saturated rings. The number of thiophene rings is 1. The first-order valence-corrected chi connectivity index (χ1v) is 12.5. The third-order valence-corrected chi connectivity index (χ3v) is 7.06. The minimum atomic E-state index is -1.05. The molecule has 2 aromatic rings. The molecule has 0 aliphatic heterocycles. The van der Waals surface area contributed by atoms with E-state index < -0.39 is 29.1 Å². The molecule has 1 aliphatic carbocycles. The highest BCUT2D eigenvalue weighted by atomic mass is 32.1. The number of hydrogen-bond acceptors (Lipinski definition) is 7. The van der Waals surface area contributed by atoms with Gasteiger partial charge in [0.2, 0.25) is 5.91 Å². The Morgan fingerprint density at radius 1 is 1.29 bits per heavy atom. The highest BCUT2D eigenvalue weighted by Gasteiger charge is 2.37. The monoisotopic (exact) mass is 501 g/mol. The summed E-state index contributed by atoms with van der Waals surface area (Å²) in [7, 11) is 0. The average molecular weight is 502 g/mol. The number of amides is 1. The second-order valence-corrected chi connectivity index (χ2v) is 9.48. The topological polar surface area (TPSA) is 131 Å². The summed E-state index contributed by atoms with van der Waals surface area (Å²) < 4.78 is 6.18. The van der Waals surface area contributed by atoms with Gasteiger partial charge in [-0.1, -0.05) is 32.0 Å². The van der Waals surface area contributed by atoms with E-state index in [1.54, 1.807) is 18.2 Å². The smallest absolute Gasteiger partial charge is 0.331 e. The van der Waals surface area contributed by atoms with Crippen LogP contribution in [0.5, 0.6) is 0 Å². The molecule has 1 amide bonds. The number of hydrogen-bond donors (Lipinski definition) is 3. The molecule has 1 aliphatic rings. The molecule has 0 bridgehead atoms. The van der Waals surface area contributed by atoms with Gasteiger partial charge in [0.05, 0.1) is 23.2 Å². The third kappa shape index (κ3) is 6.74. The number of rotatable bonds is 11. The van der Waals surface area contributed by atoms with Gasteiger partial charge in [-0.3, -0.25) is 14.9 Å². The van der Waals surface area contributed by atoms with E-state index in [1.165, 1.54) is 18.3 Å². The fourth-order valence-corrected chi connectivity index (χ4v) is 5.01. The van der Waals surface area contributed by atoms with Crippen LogP contribution in [-0.4, -0.2) is 46.2 Å². The summed E-state index contributed by atoms with van der Waals surface area (Å²) in [6, 6.07) is 7.87. The summed E-state index contributed by atoms with van der Waals surface area (Å²) in [6.45, 7) is 5.50. The summed E-state index contributed by atoms with van der Waals surface area (Å²) in [5, 5.41) is 29.6. The third-order valence-electron chi connectivity index (χ3n) is 6.14. The average Bonchev–Trinajstić information content (AvgIpc) is 3.36. The van der Waals surface area contributed by atoms with Crippen molar-refractivity contribution in [2.45, 2.75) is 70.9 Å². The quantitative estimate of drug-likeness (QED) is 0.309. The van der Waals surface area contributed by atoms with Crippen LogP contribution in [0.3, 0.4) is 0 Å². The molecule has 0 saturated carbocycles. The Kier molecular flexibility index (Phi) is 9.13. The number of carbonyl (C=O) groups excluding carboxylic acids is 1. The number of nitro benzene ring substituents is 1. The molecule has 1 aromatic carbocycles. The lowest BCUT2D eigenvalue weighted by molar-refractivity contribution is -0.385. The SMILES string of the molecule is CCC(CC)O[C@@H]1C=C(C(=O)O)C[C@H](NCc2ccc(-c3cccs3)cc2[N+](=O)[O-])[C@H]1NC(C)=O. The maximum atomic E-state index is 12.0. The van der Waals surface area contributed by atoms with Crippen molar-refractivity contribution in [3.8, 4) is 10.4 Å². The summed E-state index contributed by atoms with van der Waals surface area (Å²) >= 11 is 1.50. The number of carboxylic acids is 1. The Morgan fingerprint density at radius 3 is 2.60 bits per heavy atom. The number of benzene rings is 1. The second-order valence-electron chi connectivity index (χ2n) is 8.53. The van der Waals surface area contributed by atoms with Gasteiger partial charge in [-0.15, -0.1) is 11.3 Å². The zero-order valence-electron chi connectivity index (χ0n) is 20.0. The first kappa shape index (κ1) is 26.5. The van der Waals surface area contributed by atoms with E-state index in [0.29, 0.717) is 5.56 Å². The zero-order valence-corrected chi connectivity index (χ0v) is 20.8. The molecular weight excluding hydrogens is 470 g/mol. The molecule has 35 heavy (non-hydrogen) atoms. The highest BCUT2D eigenvalue weighted by molar-refractivity contribution is 7.13. The van der Waals surface area contributed by atoms with Gasteiger partial charge in [0, 0.05) is 41.6 Å². The lowest BCUT2D eigenvalue weighted by atomic mass is 9.87. The van der Waals surface area contributed by atoms with Crippen molar-refractivity contribution in [2.24, 2.45) is 0 Å². The molecule has 0 saturated heterocycles. The number of aliphatic carboxylic acids is 1. The molecule has 0 spiro atoms. The zero-order chi connectivity index (χ0) is 25.5. The molecule has 9 nitrogen and oxygen atoms in total. The summed E-state index contributed by atoms with van der Waals surface area (Å²) in [5.41, 5.74) is 1.40. The lowest BCUT2D eigenvalue weighted by Crippen LogP contribution is -2.58. The largest absolute Gasteiger partial charge is 0.478 e. The molecule has 1 heterocycles. The van der Waals surface area contributed by atoms with Crippen molar-refractivity contribution < 1.29 is 24.4 Å². The first-order chi connectivity index (χ1) is 16.7. The van der Waals surface area contributed by atoms with Crippen LogP contribution >= 0.6 is 11.3 Å². The van der Waals surface area contributed by atoms with Gasteiger partial charge in [-0.2, -0.15) is 0 Å². The lowest BCUT2D eigenvalue weighted by Gasteiger charge is -2.38. The molecule has 0 radical (unpaired) electrons. The normalized spacial score (nSPS) is 19.9. The molecule has 188 valence electrons. The van der Waals surface area contributed by atoms with E-state index in [9.17, 15) is 24.8 Å². The van der Waals surface area contributed by atoms with Crippen molar-refractivity contribution >= 4 is 28.9 Å². The predicted octanol–water partition coefficient (Wildman–Crippen LogP) is 4.27. The van der Waals surface area contributed by atoms with Gasteiger partial charge in [0.1, 0.15) is 0 Å². The number of carbonyl (C=O) groups is 2. The molecule has 10 heteroatoms. The first-order valence-electron chi connectivity index (χ1n) is 11.6. The Balaban J connectivity index is 1.87. The summed E-state index contributed by atoms with van der Waals surface area (Å²) in [5.74, 6) is -1.32. The van der Waals surface area contributed by atoms with Crippen molar-refractivity contribution in [1.29, 1.82) is 0 Å². The van der Waals surface area contributed by atoms with Gasteiger partial charge in [0.25, 0.3) is 5.69 Å². The number of nitrogens with zero attached hydrogens (tertiary/aromatic N) is 1. The number of nitro groups is 1. The van der Waals surface area contributed by atoms with Crippen LogP contribution in [0.2, 0.25) is 0 Å². The number of nitrogens with one attached hydrogen (secondary N) is 2. The van der Waals surface area contributed by atoms with Crippen LogP contribution in [0, 0.1) is 10.1 Å². The minimum Gasteiger partial charge on any atom is -0.478 e. The van der Waals surface area contributed by atoms with Crippen molar-refractivity contribution in [2.75, 3.05) is 0 Å². The van der Waals surface area contributed by atoms with Crippen LogP contribution in [0.1, 0.15) is 45.6 Å². The van der Waals surface area contributed by atoms with E-state index in [-0.39, 0.29) is 36.2 Å². The Bertz CT molecular complexity index is 1080. The number of ether oxygens (including phenoxy) is 1. The Morgan fingerprint density at radius 2 is 2.03 bits per heavy atom. The van der Waals surface area contributed by atoms with Gasteiger partial charge >= 0.3 is 5.97 Å². The fraction of sp³-hybridized carbons (Fsp3) is 0.440. The van der Waals surface area contributed by atoms with Crippen LogP contribution < -0.4 is 10.6 Å². The standard InChI is InChI=1S/C25H31N3O6S/c1-4-19(5-2)34-22-13-18(25(30)31)11-20(24(22)27-15(3)29)26-14-17-9-8-16(12-21(17)28(32)33)23-7-6-10-35-23/h6-10,12-13,19-20,22,24,26H,4-5,11,14H2,1-3H3,(H,27,29)(H,30,31)/t20-,22+,24+/m0/s1. The molecule has 1 aromatic heterocycles. The Labute approximate surface area is 208 Å². The van der Waals surface area contributed by atoms with Crippen molar-refractivity contribution in [3.63, 3.8) is 0 Å². The van der Waals surface area contributed by atoms with Crippen molar-refractivity contribution in [3.05, 3.63) is 63.0 Å².